The zero-order chi connectivity index (χ0) is 16.1. The Kier molecular flexibility index (Phi) is 5.55. The topological polar surface area (TPSA) is 72.6 Å². The number of nitrogens with zero attached hydrogens (tertiary/aromatic N) is 1. The summed E-state index contributed by atoms with van der Waals surface area (Å²) in [6.07, 6.45) is 2.30. The largest absolute Gasteiger partial charge is 0.468 e. The number of hydrogen-bond donors (Lipinski definition) is 1. The van der Waals surface area contributed by atoms with Crippen LogP contribution in [0.25, 0.3) is 0 Å². The molecule has 1 aromatic rings. The van der Waals surface area contributed by atoms with Gasteiger partial charge in [-0.1, -0.05) is 24.3 Å². The molecule has 2 rings (SSSR count). The number of esters is 1. The third-order valence-electron chi connectivity index (χ3n) is 4.31. The first-order valence-corrected chi connectivity index (χ1v) is 7.68. The lowest BCUT2D eigenvalue weighted by atomic mass is 9.91. The molecule has 1 amide bonds. The zero-order valence-corrected chi connectivity index (χ0v) is 13.2. The molecule has 1 aromatic carbocycles. The van der Waals surface area contributed by atoms with Crippen LogP contribution >= 0.6 is 0 Å². The maximum Gasteiger partial charge on any atom is 0.327 e. The first kappa shape index (κ1) is 16.5. The lowest BCUT2D eigenvalue weighted by Crippen LogP contribution is -2.42. The molecule has 1 aliphatic heterocycles. The van der Waals surface area contributed by atoms with Crippen molar-refractivity contribution in [2.45, 2.75) is 32.2 Å². The smallest absolute Gasteiger partial charge is 0.327 e. The Labute approximate surface area is 131 Å². The highest BCUT2D eigenvalue weighted by Gasteiger charge is 2.33. The number of amides is 1. The van der Waals surface area contributed by atoms with Gasteiger partial charge in [0.2, 0.25) is 5.91 Å². The van der Waals surface area contributed by atoms with Gasteiger partial charge in [-0.25, -0.2) is 4.79 Å². The molecule has 0 spiro atoms. The minimum absolute atomic E-state index is 0.211. The first-order chi connectivity index (χ1) is 10.5. The molecule has 5 heteroatoms. The highest BCUT2D eigenvalue weighted by molar-refractivity contribution is 5.78. The number of likely N-dealkylation sites (tertiary alicyclic amines) is 1. The number of ether oxygens (including phenoxy) is 1. The van der Waals surface area contributed by atoms with E-state index in [0.717, 1.165) is 30.5 Å². The van der Waals surface area contributed by atoms with Gasteiger partial charge in [0.05, 0.1) is 7.11 Å². The van der Waals surface area contributed by atoms with E-state index in [4.69, 9.17) is 10.5 Å². The normalized spacial score (nSPS) is 20.4. The fourth-order valence-electron chi connectivity index (χ4n) is 3.26. The summed E-state index contributed by atoms with van der Waals surface area (Å²) in [6, 6.07) is 7.44. The predicted octanol–water partition coefficient (Wildman–Crippen LogP) is 1.80. The van der Waals surface area contributed by atoms with Crippen molar-refractivity contribution in [2.24, 2.45) is 11.7 Å². The summed E-state index contributed by atoms with van der Waals surface area (Å²) in [6.45, 7) is 3.51. The van der Waals surface area contributed by atoms with Gasteiger partial charge < -0.3 is 10.5 Å². The van der Waals surface area contributed by atoms with Crippen molar-refractivity contribution in [3.05, 3.63) is 35.4 Å². The number of primary amides is 1. The maximum absolute atomic E-state index is 12.3. The van der Waals surface area contributed by atoms with E-state index in [1.54, 1.807) is 0 Å². The van der Waals surface area contributed by atoms with E-state index in [1.165, 1.54) is 7.11 Å². The van der Waals surface area contributed by atoms with Gasteiger partial charge in [-0.05, 0) is 43.4 Å². The second-order valence-electron chi connectivity index (χ2n) is 5.96. The number of benzene rings is 1. The molecule has 0 radical (unpaired) electrons. The van der Waals surface area contributed by atoms with Crippen molar-refractivity contribution in [3.8, 4) is 0 Å². The van der Waals surface area contributed by atoms with Crippen molar-refractivity contribution >= 4 is 11.9 Å². The lowest BCUT2D eigenvalue weighted by molar-refractivity contribution is -0.148. The number of hydrogen-bond acceptors (Lipinski definition) is 4. The highest BCUT2D eigenvalue weighted by atomic mass is 16.5. The molecule has 0 bridgehead atoms. The number of carbonyl (C=O) groups excluding carboxylic acids is 2. The molecule has 22 heavy (non-hydrogen) atoms. The first-order valence-electron chi connectivity index (χ1n) is 7.68. The van der Waals surface area contributed by atoms with Crippen LogP contribution < -0.4 is 5.73 Å². The van der Waals surface area contributed by atoms with Crippen LogP contribution in [0.2, 0.25) is 0 Å². The number of aryl methyl sites for hydroxylation is 1. The van der Waals surface area contributed by atoms with Crippen molar-refractivity contribution in [3.63, 3.8) is 0 Å². The number of rotatable bonds is 5. The summed E-state index contributed by atoms with van der Waals surface area (Å²) in [5, 5.41) is 0. The Morgan fingerprint density at radius 2 is 2.14 bits per heavy atom. The molecule has 0 saturated carbocycles. The third-order valence-corrected chi connectivity index (χ3v) is 4.31. The van der Waals surface area contributed by atoms with Crippen LogP contribution in [-0.2, 0) is 14.3 Å². The summed E-state index contributed by atoms with van der Waals surface area (Å²) < 4.78 is 5.02. The fraction of sp³-hybridized carbons (Fsp3) is 0.529. The summed E-state index contributed by atoms with van der Waals surface area (Å²) in [5.41, 5.74) is 7.35. The fourth-order valence-corrected chi connectivity index (χ4v) is 3.26. The molecular formula is C17H24N2O3. The van der Waals surface area contributed by atoms with E-state index >= 15 is 0 Å². The molecule has 1 fully saturated rings. The van der Waals surface area contributed by atoms with Crippen LogP contribution in [0.4, 0.5) is 0 Å². The van der Waals surface area contributed by atoms with Crippen LogP contribution in [0.15, 0.2) is 24.3 Å². The highest BCUT2D eigenvalue weighted by Crippen LogP contribution is 2.30. The van der Waals surface area contributed by atoms with Crippen LogP contribution in [0, 0.1) is 12.8 Å². The van der Waals surface area contributed by atoms with Gasteiger partial charge in [0.25, 0.3) is 0 Å². The molecular weight excluding hydrogens is 280 g/mol. The van der Waals surface area contributed by atoms with Crippen molar-refractivity contribution in [1.82, 2.24) is 4.90 Å². The van der Waals surface area contributed by atoms with E-state index in [0.29, 0.717) is 13.0 Å². The number of nitrogens with two attached hydrogens (primary N) is 1. The van der Waals surface area contributed by atoms with E-state index in [1.807, 2.05) is 31.2 Å². The molecule has 1 heterocycles. The van der Waals surface area contributed by atoms with Crippen LogP contribution in [0.1, 0.15) is 36.4 Å². The quantitative estimate of drug-likeness (QED) is 0.842. The van der Waals surface area contributed by atoms with E-state index in [9.17, 15) is 9.59 Å². The molecule has 2 N–H and O–H groups in total. The Balaban J connectivity index is 2.24. The van der Waals surface area contributed by atoms with Gasteiger partial charge in [-0.2, -0.15) is 0 Å². The van der Waals surface area contributed by atoms with Gasteiger partial charge >= 0.3 is 5.97 Å². The minimum Gasteiger partial charge on any atom is -0.468 e. The average molecular weight is 304 g/mol. The second-order valence-corrected chi connectivity index (χ2v) is 5.96. The Bertz CT molecular complexity index is 544. The molecule has 0 aromatic heterocycles. The molecule has 1 saturated heterocycles. The number of methoxy groups -OCH3 is 1. The zero-order valence-electron chi connectivity index (χ0n) is 13.2. The molecule has 1 aliphatic rings. The third kappa shape index (κ3) is 3.85. The summed E-state index contributed by atoms with van der Waals surface area (Å²) in [7, 11) is 1.42. The van der Waals surface area contributed by atoms with Crippen molar-refractivity contribution < 1.29 is 14.3 Å². The standard InChI is InChI=1S/C17H24N2O3/c1-12-6-3-4-8-14(12)16(17(21)22-2)19-9-5-7-13(11-19)10-15(18)20/h3-4,6,8,13,16H,5,7,9-11H2,1-2H3,(H2,18,20). The monoisotopic (exact) mass is 304 g/mol. The second kappa shape index (κ2) is 7.40. The van der Waals surface area contributed by atoms with Gasteiger partial charge in [0.1, 0.15) is 6.04 Å². The van der Waals surface area contributed by atoms with E-state index in [2.05, 4.69) is 4.90 Å². The Morgan fingerprint density at radius 1 is 1.41 bits per heavy atom. The Morgan fingerprint density at radius 3 is 2.77 bits per heavy atom. The van der Waals surface area contributed by atoms with Gasteiger partial charge in [-0.15, -0.1) is 0 Å². The van der Waals surface area contributed by atoms with Gasteiger partial charge in [0.15, 0.2) is 0 Å². The van der Waals surface area contributed by atoms with Crippen molar-refractivity contribution in [2.75, 3.05) is 20.2 Å². The summed E-state index contributed by atoms with van der Waals surface area (Å²) >= 11 is 0. The van der Waals surface area contributed by atoms with Crippen LogP contribution in [0.5, 0.6) is 0 Å². The van der Waals surface area contributed by atoms with E-state index < -0.39 is 6.04 Å². The molecule has 5 nitrogen and oxygen atoms in total. The number of piperidine rings is 1. The SMILES string of the molecule is COC(=O)C(c1ccccc1C)N1CCCC(CC(N)=O)C1. The predicted molar refractivity (Wildman–Crippen MR) is 84.0 cm³/mol. The van der Waals surface area contributed by atoms with Crippen LogP contribution in [-0.4, -0.2) is 37.0 Å². The Hall–Kier alpha value is -1.88. The summed E-state index contributed by atoms with van der Waals surface area (Å²) in [5.74, 6) is -0.325. The average Bonchev–Trinajstić information content (AvgIpc) is 2.49. The minimum atomic E-state index is -0.415. The van der Waals surface area contributed by atoms with Gasteiger partial charge in [-0.3, -0.25) is 9.69 Å². The molecule has 0 aliphatic carbocycles. The molecule has 2 unspecified atom stereocenters. The lowest BCUT2D eigenvalue weighted by Gasteiger charge is -2.37. The van der Waals surface area contributed by atoms with Crippen LogP contribution in [0.3, 0.4) is 0 Å². The van der Waals surface area contributed by atoms with Crippen molar-refractivity contribution in [1.29, 1.82) is 0 Å². The molecule has 2 atom stereocenters. The number of carbonyl (C=O) groups is 2. The van der Waals surface area contributed by atoms with Gasteiger partial charge in [0, 0.05) is 13.0 Å². The maximum atomic E-state index is 12.3. The molecule has 120 valence electrons. The van der Waals surface area contributed by atoms with E-state index in [-0.39, 0.29) is 17.8 Å². The summed E-state index contributed by atoms with van der Waals surface area (Å²) in [4.78, 5) is 25.6.